The molecule has 6 heteroatoms. The second-order valence-corrected chi connectivity index (χ2v) is 1.72. The number of carboxylic acid groups (broad SMARTS) is 2. The molecule has 1 aromatic rings. The van der Waals surface area contributed by atoms with Crippen LogP contribution in [0.5, 0.6) is 0 Å². The minimum Gasteiger partial charge on any atom is -0.652 e. The molecule has 0 radical (unpaired) electrons. The number of aromatic nitrogens is 1. The minimum atomic E-state index is -2.33. The van der Waals surface area contributed by atoms with Crippen LogP contribution in [-0.4, -0.2) is 11.1 Å². The van der Waals surface area contributed by atoms with Gasteiger partial charge >= 0.3 is 103 Å². The summed E-state index contributed by atoms with van der Waals surface area (Å²) in [5.41, 5.74) is 1.07. The van der Waals surface area contributed by atoms with Crippen LogP contribution in [0.2, 0.25) is 0 Å². The van der Waals surface area contributed by atoms with Crippen LogP contribution in [0, 0.1) is 6.92 Å². The molecule has 0 fully saturated rings. The van der Waals surface area contributed by atoms with Crippen molar-refractivity contribution in [3.8, 4) is 0 Å². The van der Waals surface area contributed by atoms with E-state index in [2.05, 4.69) is 4.98 Å². The molecule has 0 aromatic carbocycles. The van der Waals surface area contributed by atoms with E-state index in [1.54, 1.807) is 6.20 Å². The molecule has 0 unspecified atom stereocenters. The third-order valence-electron chi connectivity index (χ3n) is 0.813. The maximum atomic E-state index is 8.33. The molecule has 1 aromatic heterocycles. The van der Waals surface area contributed by atoms with Crippen LogP contribution in [0.25, 0.3) is 0 Å². The van der Waals surface area contributed by atoms with Crippen LogP contribution in [0.1, 0.15) is 5.69 Å². The van der Waals surface area contributed by atoms with Crippen LogP contribution in [0.15, 0.2) is 24.4 Å². The van der Waals surface area contributed by atoms with Crippen molar-refractivity contribution in [2.75, 3.05) is 0 Å². The largest absolute Gasteiger partial charge is 1.00 e. The fourth-order valence-electron chi connectivity index (χ4n) is 0.448. The van der Waals surface area contributed by atoms with Gasteiger partial charge in [0.2, 0.25) is 0 Å². The standard InChI is InChI=1S/C6H7N.CH2O3.2K/c1-6-4-2-3-5-7-6;2-1(3)4;;/h2-5H,1H3;(H2,2,3,4);;/q;;2*+1/p-2. The first-order valence-electron chi connectivity index (χ1n) is 2.88. The Morgan fingerprint density at radius 1 is 1.31 bits per heavy atom. The summed E-state index contributed by atoms with van der Waals surface area (Å²) in [6.45, 7) is 1.97. The van der Waals surface area contributed by atoms with Crippen molar-refractivity contribution in [1.82, 2.24) is 4.98 Å². The van der Waals surface area contributed by atoms with Gasteiger partial charge in [-0.05, 0) is 25.2 Å². The molecule has 0 aliphatic heterocycles. The second kappa shape index (κ2) is 13.7. The number of carbonyl (C=O) groups is 1. The van der Waals surface area contributed by atoms with Crippen molar-refractivity contribution in [2.24, 2.45) is 0 Å². The summed E-state index contributed by atoms with van der Waals surface area (Å²) in [4.78, 5) is 12.3. The first-order chi connectivity index (χ1) is 5.13. The van der Waals surface area contributed by atoms with Crippen molar-refractivity contribution in [2.45, 2.75) is 6.92 Å². The normalized spacial score (nSPS) is 6.54. The van der Waals surface area contributed by atoms with E-state index >= 15 is 0 Å². The van der Waals surface area contributed by atoms with Gasteiger partial charge in [-0.15, -0.1) is 0 Å². The fourth-order valence-corrected chi connectivity index (χ4v) is 0.448. The summed E-state index contributed by atoms with van der Waals surface area (Å²) in [6.07, 6.45) is -0.546. The van der Waals surface area contributed by atoms with Gasteiger partial charge in [0.15, 0.2) is 0 Å². The number of pyridine rings is 1. The SMILES string of the molecule is Cc1ccccn1.O=C([O-])[O-].[K+].[K+]. The Labute approximate surface area is 162 Å². The van der Waals surface area contributed by atoms with Gasteiger partial charge in [0.1, 0.15) is 0 Å². The summed E-state index contributed by atoms with van der Waals surface area (Å²) in [5, 5.41) is 16.7. The first kappa shape index (κ1) is 20.1. The van der Waals surface area contributed by atoms with Crippen LogP contribution in [0.4, 0.5) is 4.79 Å². The van der Waals surface area contributed by atoms with Crippen molar-refractivity contribution in [3.05, 3.63) is 30.1 Å². The summed E-state index contributed by atoms with van der Waals surface area (Å²) >= 11 is 0. The zero-order valence-electron chi connectivity index (χ0n) is 7.98. The molecule has 0 N–H and O–H groups in total. The molecule has 0 aliphatic rings. The molecule has 0 saturated carbocycles. The zero-order valence-corrected chi connectivity index (χ0v) is 14.2. The molecular formula is C7H7K2NO3. The van der Waals surface area contributed by atoms with Gasteiger partial charge in [0, 0.05) is 11.9 Å². The molecule has 13 heavy (non-hydrogen) atoms. The summed E-state index contributed by atoms with van der Waals surface area (Å²) in [5.74, 6) is 0. The molecule has 0 bridgehead atoms. The number of nitrogens with zero attached hydrogens (tertiary/aromatic N) is 1. The Kier molecular flexibility index (Phi) is 21.2. The number of hydrogen-bond acceptors (Lipinski definition) is 4. The molecule has 60 valence electrons. The average molecular weight is 231 g/mol. The molecule has 0 atom stereocenters. The number of carbonyl (C=O) groups excluding carboxylic acids is 1. The maximum Gasteiger partial charge on any atom is 1.00 e. The molecule has 4 nitrogen and oxygen atoms in total. The van der Waals surface area contributed by atoms with E-state index < -0.39 is 6.16 Å². The summed E-state index contributed by atoms with van der Waals surface area (Å²) < 4.78 is 0. The van der Waals surface area contributed by atoms with Gasteiger partial charge in [-0.25, -0.2) is 0 Å². The minimum absolute atomic E-state index is 0. The van der Waals surface area contributed by atoms with Gasteiger partial charge < -0.3 is 15.0 Å². The Hall–Kier alpha value is 1.69. The van der Waals surface area contributed by atoms with E-state index in [0.29, 0.717) is 0 Å². The third kappa shape index (κ3) is 19.9. The van der Waals surface area contributed by atoms with E-state index in [0.717, 1.165) is 5.69 Å². The van der Waals surface area contributed by atoms with Gasteiger partial charge in [0.05, 0.1) is 0 Å². The van der Waals surface area contributed by atoms with E-state index in [9.17, 15) is 0 Å². The topological polar surface area (TPSA) is 76.1 Å². The van der Waals surface area contributed by atoms with E-state index in [1.165, 1.54) is 0 Å². The van der Waals surface area contributed by atoms with Gasteiger partial charge in [0.25, 0.3) is 0 Å². The predicted molar refractivity (Wildman–Crippen MR) is 34.4 cm³/mol. The molecule has 0 amide bonds. The van der Waals surface area contributed by atoms with Gasteiger partial charge in [-0.3, -0.25) is 4.98 Å². The quantitative estimate of drug-likeness (QED) is 0.416. The van der Waals surface area contributed by atoms with Crippen LogP contribution < -0.4 is 113 Å². The molecule has 0 spiro atoms. The Balaban J connectivity index is -0.000000150. The van der Waals surface area contributed by atoms with Crippen molar-refractivity contribution >= 4 is 6.16 Å². The fraction of sp³-hybridized carbons (Fsp3) is 0.143. The number of rotatable bonds is 0. The molecule has 1 heterocycles. The van der Waals surface area contributed by atoms with Crippen LogP contribution in [0.3, 0.4) is 0 Å². The van der Waals surface area contributed by atoms with Crippen molar-refractivity contribution in [3.63, 3.8) is 0 Å². The zero-order chi connectivity index (χ0) is 8.69. The van der Waals surface area contributed by atoms with Crippen molar-refractivity contribution in [1.29, 1.82) is 0 Å². The predicted octanol–water partition coefficient (Wildman–Crippen LogP) is -7.05. The first-order valence-corrected chi connectivity index (χ1v) is 2.88. The smallest absolute Gasteiger partial charge is 0.652 e. The Morgan fingerprint density at radius 2 is 1.77 bits per heavy atom. The van der Waals surface area contributed by atoms with Gasteiger partial charge in [-0.1, -0.05) is 6.07 Å². The second-order valence-electron chi connectivity index (χ2n) is 1.72. The Morgan fingerprint density at radius 3 is 1.92 bits per heavy atom. The molecule has 0 saturated heterocycles. The van der Waals surface area contributed by atoms with Crippen molar-refractivity contribution < 1.29 is 118 Å². The summed E-state index contributed by atoms with van der Waals surface area (Å²) in [6, 6.07) is 5.86. The van der Waals surface area contributed by atoms with E-state index in [-0.39, 0.29) is 103 Å². The van der Waals surface area contributed by atoms with E-state index in [4.69, 9.17) is 15.0 Å². The number of hydrogen-bond donors (Lipinski definition) is 0. The average Bonchev–Trinajstić information content (AvgIpc) is 1.87. The van der Waals surface area contributed by atoms with Crippen LogP contribution in [-0.2, 0) is 0 Å². The molecule has 0 aliphatic carbocycles. The van der Waals surface area contributed by atoms with Crippen LogP contribution >= 0.6 is 0 Å². The molecule has 1 rings (SSSR count). The van der Waals surface area contributed by atoms with Gasteiger partial charge in [-0.2, -0.15) is 0 Å². The third-order valence-corrected chi connectivity index (χ3v) is 0.813. The Bertz CT molecular complexity index is 214. The van der Waals surface area contributed by atoms with E-state index in [1.807, 2.05) is 25.1 Å². The number of aryl methyl sites for hydroxylation is 1. The molecular weight excluding hydrogens is 224 g/mol. The monoisotopic (exact) mass is 231 g/mol. The maximum absolute atomic E-state index is 8.33. The summed E-state index contributed by atoms with van der Waals surface area (Å²) in [7, 11) is 0.